The van der Waals surface area contributed by atoms with Crippen LogP contribution in [-0.4, -0.2) is 17.0 Å². The summed E-state index contributed by atoms with van der Waals surface area (Å²) in [6.07, 6.45) is 2.12. The van der Waals surface area contributed by atoms with Crippen molar-refractivity contribution >= 4 is 44.8 Å². The summed E-state index contributed by atoms with van der Waals surface area (Å²) in [5.74, 6) is -1.07. The number of thiophene rings is 1. The van der Waals surface area contributed by atoms with Gasteiger partial charge in [-0.15, -0.1) is 11.3 Å². The van der Waals surface area contributed by atoms with Gasteiger partial charge in [-0.1, -0.05) is 6.07 Å². The van der Waals surface area contributed by atoms with E-state index in [-0.39, 0.29) is 11.5 Å². The van der Waals surface area contributed by atoms with Crippen LogP contribution in [-0.2, 0) is 11.2 Å². The van der Waals surface area contributed by atoms with E-state index in [4.69, 9.17) is 5.11 Å². The largest absolute Gasteiger partial charge is 0.478 e. The lowest BCUT2D eigenvalue weighted by Gasteiger charge is -2.08. The number of hydrogen-bond donors (Lipinski definition) is 2. The first-order chi connectivity index (χ1) is 10.1. The van der Waals surface area contributed by atoms with Crippen LogP contribution < -0.4 is 5.32 Å². The van der Waals surface area contributed by atoms with Crippen LogP contribution >= 0.6 is 27.3 Å². The van der Waals surface area contributed by atoms with Crippen molar-refractivity contribution in [3.8, 4) is 0 Å². The van der Waals surface area contributed by atoms with E-state index in [1.807, 2.05) is 11.4 Å². The van der Waals surface area contributed by atoms with Gasteiger partial charge in [-0.2, -0.15) is 0 Å². The van der Waals surface area contributed by atoms with Gasteiger partial charge in [0.15, 0.2) is 0 Å². The summed E-state index contributed by atoms with van der Waals surface area (Å²) in [4.78, 5) is 24.0. The number of benzene rings is 1. The number of carboxylic acid groups (broad SMARTS) is 1. The molecule has 0 saturated carbocycles. The Morgan fingerprint density at radius 1 is 1.29 bits per heavy atom. The molecule has 1 heterocycles. The standard InChI is InChI=1S/C15H14BrNO3S/c16-12-9-10(15(19)20)6-7-13(12)17-14(18)5-1-3-11-4-2-8-21-11/h2,4,6-9H,1,3,5H2,(H,17,18)(H,19,20). The summed E-state index contributed by atoms with van der Waals surface area (Å²) < 4.78 is 0.564. The van der Waals surface area contributed by atoms with E-state index in [1.54, 1.807) is 17.4 Å². The number of carbonyl (C=O) groups is 2. The Kier molecular flexibility index (Phi) is 5.52. The van der Waals surface area contributed by atoms with E-state index in [2.05, 4.69) is 27.3 Å². The number of aromatic carboxylic acids is 1. The first-order valence-electron chi connectivity index (χ1n) is 6.41. The topological polar surface area (TPSA) is 66.4 Å². The van der Waals surface area contributed by atoms with Gasteiger partial charge >= 0.3 is 5.97 Å². The molecule has 0 aliphatic carbocycles. The highest BCUT2D eigenvalue weighted by molar-refractivity contribution is 9.10. The quantitative estimate of drug-likeness (QED) is 0.804. The average molecular weight is 368 g/mol. The molecule has 0 aliphatic rings. The van der Waals surface area contributed by atoms with E-state index < -0.39 is 5.97 Å². The van der Waals surface area contributed by atoms with Crippen LogP contribution in [0.1, 0.15) is 28.1 Å². The summed E-state index contributed by atoms with van der Waals surface area (Å²) in [6, 6.07) is 8.59. The maximum atomic E-state index is 11.9. The second kappa shape index (κ2) is 7.38. The normalized spacial score (nSPS) is 10.3. The van der Waals surface area contributed by atoms with Crippen molar-refractivity contribution in [1.82, 2.24) is 0 Å². The zero-order valence-corrected chi connectivity index (χ0v) is 13.5. The number of hydrogen-bond acceptors (Lipinski definition) is 3. The van der Waals surface area contributed by atoms with Crippen molar-refractivity contribution in [3.63, 3.8) is 0 Å². The maximum absolute atomic E-state index is 11.9. The van der Waals surface area contributed by atoms with E-state index >= 15 is 0 Å². The molecule has 0 fully saturated rings. The highest BCUT2D eigenvalue weighted by Crippen LogP contribution is 2.24. The minimum Gasteiger partial charge on any atom is -0.478 e. The monoisotopic (exact) mass is 367 g/mol. The zero-order chi connectivity index (χ0) is 15.2. The number of anilines is 1. The molecular formula is C15H14BrNO3S. The van der Waals surface area contributed by atoms with E-state index in [0.29, 0.717) is 16.6 Å². The molecule has 2 rings (SSSR count). The van der Waals surface area contributed by atoms with Gasteiger partial charge in [0, 0.05) is 15.8 Å². The fraction of sp³-hybridized carbons (Fsp3) is 0.200. The maximum Gasteiger partial charge on any atom is 0.335 e. The molecule has 21 heavy (non-hydrogen) atoms. The molecule has 2 aromatic rings. The third-order valence-corrected chi connectivity index (χ3v) is 4.49. The van der Waals surface area contributed by atoms with Crippen LogP contribution in [0.25, 0.3) is 0 Å². The molecule has 1 amide bonds. The molecule has 0 atom stereocenters. The van der Waals surface area contributed by atoms with Crippen LogP contribution in [0.3, 0.4) is 0 Å². The molecule has 0 saturated heterocycles. The Morgan fingerprint density at radius 2 is 2.10 bits per heavy atom. The Balaban J connectivity index is 1.86. The van der Waals surface area contributed by atoms with Gasteiger partial charge in [-0.3, -0.25) is 4.79 Å². The number of aryl methyl sites for hydroxylation is 1. The Labute approximate surface area is 134 Å². The molecule has 0 spiro atoms. The molecule has 0 radical (unpaired) electrons. The zero-order valence-electron chi connectivity index (χ0n) is 11.1. The fourth-order valence-electron chi connectivity index (χ4n) is 1.84. The summed E-state index contributed by atoms with van der Waals surface area (Å²) in [5, 5.41) is 13.7. The first-order valence-corrected chi connectivity index (χ1v) is 8.08. The molecule has 110 valence electrons. The summed E-state index contributed by atoms with van der Waals surface area (Å²) in [5.41, 5.74) is 0.763. The molecule has 6 heteroatoms. The van der Waals surface area contributed by atoms with Crippen molar-refractivity contribution in [1.29, 1.82) is 0 Å². The van der Waals surface area contributed by atoms with Crippen molar-refractivity contribution in [2.45, 2.75) is 19.3 Å². The van der Waals surface area contributed by atoms with Gasteiger partial charge in [0.1, 0.15) is 0 Å². The van der Waals surface area contributed by atoms with Crippen LogP contribution in [0.4, 0.5) is 5.69 Å². The number of amides is 1. The molecule has 0 unspecified atom stereocenters. The lowest BCUT2D eigenvalue weighted by molar-refractivity contribution is -0.116. The number of carboxylic acids is 1. The number of rotatable bonds is 6. The van der Waals surface area contributed by atoms with Crippen molar-refractivity contribution < 1.29 is 14.7 Å². The SMILES string of the molecule is O=C(CCCc1cccs1)Nc1ccc(C(=O)O)cc1Br. The van der Waals surface area contributed by atoms with Crippen molar-refractivity contribution in [2.24, 2.45) is 0 Å². The van der Waals surface area contributed by atoms with Gasteiger partial charge in [0.2, 0.25) is 5.91 Å². The third kappa shape index (κ3) is 4.68. The molecule has 2 N–H and O–H groups in total. The van der Waals surface area contributed by atoms with Gasteiger partial charge in [-0.05, 0) is 58.4 Å². The second-order valence-electron chi connectivity index (χ2n) is 4.48. The highest BCUT2D eigenvalue weighted by atomic mass is 79.9. The van der Waals surface area contributed by atoms with Crippen LogP contribution in [0.15, 0.2) is 40.2 Å². The minimum atomic E-state index is -0.996. The third-order valence-electron chi connectivity index (χ3n) is 2.90. The van der Waals surface area contributed by atoms with Gasteiger partial charge in [0.25, 0.3) is 0 Å². The number of carbonyl (C=O) groups excluding carboxylic acids is 1. The average Bonchev–Trinajstić information content (AvgIpc) is 2.94. The molecular weight excluding hydrogens is 354 g/mol. The molecule has 4 nitrogen and oxygen atoms in total. The van der Waals surface area contributed by atoms with Crippen molar-refractivity contribution in [2.75, 3.05) is 5.32 Å². The van der Waals surface area contributed by atoms with Crippen molar-refractivity contribution in [3.05, 3.63) is 50.6 Å². The van der Waals surface area contributed by atoms with Gasteiger partial charge in [-0.25, -0.2) is 4.79 Å². The highest BCUT2D eigenvalue weighted by Gasteiger charge is 2.09. The molecule has 1 aromatic carbocycles. The Bertz CT molecular complexity index is 640. The van der Waals surface area contributed by atoms with Crippen LogP contribution in [0.5, 0.6) is 0 Å². The molecule has 0 bridgehead atoms. The number of nitrogens with one attached hydrogen (secondary N) is 1. The molecule has 0 aliphatic heterocycles. The Hall–Kier alpha value is -1.66. The summed E-state index contributed by atoms with van der Waals surface area (Å²) in [7, 11) is 0. The van der Waals surface area contributed by atoms with Crippen LogP contribution in [0.2, 0.25) is 0 Å². The summed E-state index contributed by atoms with van der Waals surface area (Å²) in [6.45, 7) is 0. The second-order valence-corrected chi connectivity index (χ2v) is 6.37. The van der Waals surface area contributed by atoms with E-state index in [1.165, 1.54) is 17.0 Å². The van der Waals surface area contributed by atoms with Gasteiger partial charge < -0.3 is 10.4 Å². The summed E-state index contributed by atoms with van der Waals surface area (Å²) >= 11 is 4.96. The lowest BCUT2D eigenvalue weighted by atomic mass is 10.2. The first kappa shape index (κ1) is 15.7. The van der Waals surface area contributed by atoms with Gasteiger partial charge in [0.05, 0.1) is 11.3 Å². The van der Waals surface area contributed by atoms with Crippen LogP contribution in [0, 0.1) is 0 Å². The predicted octanol–water partition coefficient (Wildman–Crippen LogP) is 4.17. The molecule has 1 aromatic heterocycles. The smallest absolute Gasteiger partial charge is 0.335 e. The lowest BCUT2D eigenvalue weighted by Crippen LogP contribution is -2.12. The minimum absolute atomic E-state index is 0.0738. The fourth-order valence-corrected chi connectivity index (χ4v) is 3.07. The Morgan fingerprint density at radius 3 is 2.71 bits per heavy atom. The van der Waals surface area contributed by atoms with E-state index in [9.17, 15) is 9.59 Å². The number of halogens is 1. The van der Waals surface area contributed by atoms with E-state index in [0.717, 1.165) is 12.8 Å². The predicted molar refractivity (Wildman–Crippen MR) is 87.0 cm³/mol.